The van der Waals surface area contributed by atoms with Crippen LogP contribution in [0.25, 0.3) is 0 Å². The zero-order valence-corrected chi connectivity index (χ0v) is 5.26. The van der Waals surface area contributed by atoms with Gasteiger partial charge in [-0.25, -0.2) is 0 Å². The first kappa shape index (κ1) is 6.73. The highest BCUT2D eigenvalue weighted by molar-refractivity contribution is 6.65. The molecule has 0 aliphatic carbocycles. The Morgan fingerprint density at radius 3 is 2.80 bits per heavy atom. The third kappa shape index (κ3) is 1.12. The first-order chi connectivity index (χ1) is 4.72. The number of carbonyl (C=O) groups excluding carboxylic acids is 2. The van der Waals surface area contributed by atoms with Gasteiger partial charge in [-0.1, -0.05) is 0 Å². The third-order valence-corrected chi connectivity index (χ3v) is 1.12. The molecule has 3 N–H and O–H groups in total. The van der Waals surface area contributed by atoms with E-state index < -0.39 is 11.8 Å². The molecule has 0 bridgehead atoms. The molecule has 2 amide bonds. The molecule has 10 heavy (non-hydrogen) atoms. The molecule has 0 saturated heterocycles. The van der Waals surface area contributed by atoms with E-state index in [0.29, 0.717) is 13.1 Å². The molecule has 0 spiro atoms. The first-order valence-corrected chi connectivity index (χ1v) is 2.84. The fraction of sp³-hybridized carbons (Fsp3) is 0.400. The number of rotatable bonds is 1. The molecular formula is C5H7N3O2. The molecule has 0 unspecified atom stereocenters. The Labute approximate surface area is 57.3 Å². The van der Waals surface area contributed by atoms with Crippen molar-refractivity contribution in [3.8, 4) is 0 Å². The van der Waals surface area contributed by atoms with Gasteiger partial charge in [0.05, 0.1) is 6.54 Å². The normalized spacial score (nSPS) is 17.6. The fourth-order valence-corrected chi connectivity index (χ4v) is 0.682. The number of carbonyl (C=O) groups is 2. The van der Waals surface area contributed by atoms with E-state index in [-0.39, 0.29) is 5.71 Å². The van der Waals surface area contributed by atoms with Crippen LogP contribution in [0.1, 0.15) is 0 Å². The molecule has 0 fully saturated rings. The molecule has 54 valence electrons. The van der Waals surface area contributed by atoms with Gasteiger partial charge in [-0.3, -0.25) is 14.6 Å². The molecule has 0 aromatic carbocycles. The van der Waals surface area contributed by atoms with Crippen LogP contribution in [0.3, 0.4) is 0 Å². The second-order valence-electron chi connectivity index (χ2n) is 1.85. The molecule has 1 heterocycles. The van der Waals surface area contributed by atoms with Gasteiger partial charge in [0, 0.05) is 6.54 Å². The van der Waals surface area contributed by atoms with E-state index in [1.807, 2.05) is 0 Å². The van der Waals surface area contributed by atoms with Crippen molar-refractivity contribution in [3.63, 3.8) is 0 Å². The zero-order valence-electron chi connectivity index (χ0n) is 5.26. The highest BCUT2D eigenvalue weighted by Crippen LogP contribution is 1.85. The van der Waals surface area contributed by atoms with Crippen LogP contribution < -0.4 is 11.1 Å². The summed E-state index contributed by atoms with van der Waals surface area (Å²) in [5.41, 5.74) is 4.65. The van der Waals surface area contributed by atoms with Crippen LogP contribution in [0, 0.1) is 0 Å². The highest BCUT2D eigenvalue weighted by Gasteiger charge is 2.19. The average Bonchev–Trinajstić information content (AvgIpc) is 1.88. The van der Waals surface area contributed by atoms with Crippen molar-refractivity contribution in [1.29, 1.82) is 0 Å². The maximum atomic E-state index is 10.7. The molecule has 1 aliphatic rings. The van der Waals surface area contributed by atoms with Gasteiger partial charge in [-0.05, 0) is 0 Å². The number of amides is 2. The maximum absolute atomic E-state index is 10.7. The third-order valence-electron chi connectivity index (χ3n) is 1.12. The molecule has 0 aromatic heterocycles. The van der Waals surface area contributed by atoms with E-state index >= 15 is 0 Å². The van der Waals surface area contributed by atoms with Gasteiger partial charge in [-0.2, -0.15) is 0 Å². The first-order valence-electron chi connectivity index (χ1n) is 2.84. The quantitative estimate of drug-likeness (QED) is 0.444. The summed E-state index contributed by atoms with van der Waals surface area (Å²) in [6, 6.07) is 0. The van der Waals surface area contributed by atoms with Crippen LogP contribution in [0.4, 0.5) is 0 Å². The minimum atomic E-state index is -0.766. The predicted molar refractivity (Wildman–Crippen MR) is 34.5 cm³/mol. The molecule has 0 atom stereocenters. The van der Waals surface area contributed by atoms with Gasteiger partial charge in [0.2, 0.25) is 0 Å². The Morgan fingerprint density at radius 1 is 1.70 bits per heavy atom. The summed E-state index contributed by atoms with van der Waals surface area (Å²) in [6.07, 6.45) is 0. The topological polar surface area (TPSA) is 84.6 Å². The van der Waals surface area contributed by atoms with Crippen LogP contribution in [0.15, 0.2) is 4.99 Å². The highest BCUT2D eigenvalue weighted by atomic mass is 16.2. The molecule has 1 aliphatic heterocycles. The van der Waals surface area contributed by atoms with Gasteiger partial charge in [-0.15, -0.1) is 0 Å². The van der Waals surface area contributed by atoms with E-state index in [2.05, 4.69) is 10.3 Å². The van der Waals surface area contributed by atoms with Crippen molar-refractivity contribution in [3.05, 3.63) is 0 Å². The van der Waals surface area contributed by atoms with E-state index in [1.54, 1.807) is 0 Å². The van der Waals surface area contributed by atoms with E-state index in [1.165, 1.54) is 0 Å². The molecule has 5 nitrogen and oxygen atoms in total. The molecule has 1 rings (SSSR count). The van der Waals surface area contributed by atoms with Crippen molar-refractivity contribution in [2.24, 2.45) is 10.7 Å². The largest absolute Gasteiger partial charge is 0.364 e. The van der Waals surface area contributed by atoms with Gasteiger partial charge in [0.1, 0.15) is 0 Å². The van der Waals surface area contributed by atoms with E-state index in [0.717, 1.165) is 0 Å². The Kier molecular flexibility index (Phi) is 1.66. The molecule has 0 radical (unpaired) electrons. The van der Waals surface area contributed by atoms with Crippen molar-refractivity contribution in [1.82, 2.24) is 5.32 Å². The molecular weight excluding hydrogens is 134 g/mol. The Bertz CT molecular complexity index is 209. The minimum absolute atomic E-state index is 0.175. The number of nitrogens with two attached hydrogens (primary N) is 1. The van der Waals surface area contributed by atoms with Crippen LogP contribution >= 0.6 is 0 Å². The lowest BCUT2D eigenvalue weighted by Crippen LogP contribution is -2.43. The number of aliphatic imine (C=N–C) groups is 1. The lowest BCUT2D eigenvalue weighted by molar-refractivity contribution is -0.117. The van der Waals surface area contributed by atoms with Gasteiger partial charge in [0.25, 0.3) is 11.8 Å². The second-order valence-corrected chi connectivity index (χ2v) is 1.85. The van der Waals surface area contributed by atoms with Crippen molar-refractivity contribution in [2.45, 2.75) is 0 Å². The van der Waals surface area contributed by atoms with Gasteiger partial charge < -0.3 is 11.1 Å². The summed E-state index contributed by atoms with van der Waals surface area (Å²) in [4.78, 5) is 24.7. The Hall–Kier alpha value is -1.39. The average molecular weight is 141 g/mol. The number of nitrogens with one attached hydrogen (secondary N) is 1. The van der Waals surface area contributed by atoms with E-state index in [9.17, 15) is 9.59 Å². The Balaban J connectivity index is 2.81. The Morgan fingerprint density at radius 2 is 2.40 bits per heavy atom. The minimum Gasteiger partial charge on any atom is -0.364 e. The van der Waals surface area contributed by atoms with Gasteiger partial charge >= 0.3 is 0 Å². The summed E-state index contributed by atoms with van der Waals surface area (Å²) in [7, 11) is 0. The fourth-order valence-electron chi connectivity index (χ4n) is 0.682. The maximum Gasteiger partial charge on any atom is 0.275 e. The SMILES string of the molecule is NC(=O)C1=NCCNC1=O. The molecule has 0 aromatic rings. The van der Waals surface area contributed by atoms with Crippen molar-refractivity contribution >= 4 is 17.5 Å². The summed E-state index contributed by atoms with van der Waals surface area (Å²) < 4.78 is 0. The zero-order chi connectivity index (χ0) is 7.56. The summed E-state index contributed by atoms with van der Waals surface area (Å²) >= 11 is 0. The number of primary amides is 1. The van der Waals surface area contributed by atoms with Crippen LogP contribution in [0.2, 0.25) is 0 Å². The van der Waals surface area contributed by atoms with Crippen molar-refractivity contribution < 1.29 is 9.59 Å². The lowest BCUT2D eigenvalue weighted by atomic mass is 10.3. The summed E-state index contributed by atoms with van der Waals surface area (Å²) in [6.45, 7) is 0.916. The molecule has 0 saturated carbocycles. The van der Waals surface area contributed by atoms with Crippen molar-refractivity contribution in [2.75, 3.05) is 13.1 Å². The van der Waals surface area contributed by atoms with Crippen LogP contribution in [0.5, 0.6) is 0 Å². The predicted octanol–water partition coefficient (Wildman–Crippen LogP) is -1.96. The van der Waals surface area contributed by atoms with Crippen LogP contribution in [-0.4, -0.2) is 30.6 Å². The number of nitrogens with zero attached hydrogens (tertiary/aromatic N) is 1. The standard InChI is InChI=1S/C5H7N3O2/c6-4(9)3-5(10)8-2-1-7-3/h1-2H2,(H2,6,9)(H,8,10). The van der Waals surface area contributed by atoms with E-state index in [4.69, 9.17) is 5.73 Å². The number of hydrogen-bond donors (Lipinski definition) is 2. The lowest BCUT2D eigenvalue weighted by Gasteiger charge is -2.08. The van der Waals surface area contributed by atoms with Gasteiger partial charge in [0.15, 0.2) is 5.71 Å². The summed E-state index contributed by atoms with van der Waals surface area (Å²) in [5, 5.41) is 2.44. The summed E-state index contributed by atoms with van der Waals surface area (Å²) in [5.74, 6) is -1.24. The number of hydrogen-bond acceptors (Lipinski definition) is 3. The monoisotopic (exact) mass is 141 g/mol. The smallest absolute Gasteiger partial charge is 0.275 e. The van der Waals surface area contributed by atoms with Crippen LogP contribution in [-0.2, 0) is 9.59 Å². The second kappa shape index (κ2) is 2.47. The molecule has 5 heteroatoms.